The van der Waals surface area contributed by atoms with E-state index in [1.54, 1.807) is 13.8 Å². The smallest absolute Gasteiger partial charge is 0.346 e. The predicted octanol–water partition coefficient (Wildman–Crippen LogP) is 3.72. The molecule has 0 fully saturated rings. The first-order chi connectivity index (χ1) is 5.41. The molecule has 0 saturated heterocycles. The molecule has 0 rings (SSSR count). The molecule has 0 atom stereocenters. The van der Waals surface area contributed by atoms with Gasteiger partial charge in [0.05, 0.1) is 0 Å². The van der Waals surface area contributed by atoms with E-state index in [4.69, 9.17) is 0 Å². The molecule has 0 aromatic rings. The third-order valence-electron chi connectivity index (χ3n) is 0.577. The molecule has 0 saturated carbocycles. The van der Waals surface area contributed by atoms with Crippen LogP contribution in [-0.4, -0.2) is 12.3 Å². The van der Waals surface area contributed by atoms with Gasteiger partial charge in [-0.05, 0) is 12.3 Å². The Morgan fingerprint density at radius 1 is 1.00 bits per heavy atom. The standard InChI is InChI=1S/C6H11P.2C2H5.Ru/c1-3-5-7-6-4-2;2*1-2;/h3-4,7H,1-2,5-6H2;2*1H2,2H3;/q;2*-1;+2. The first kappa shape index (κ1) is 22.9. The Labute approximate surface area is 93.5 Å². The van der Waals surface area contributed by atoms with Crippen molar-refractivity contribution in [2.75, 3.05) is 12.3 Å². The van der Waals surface area contributed by atoms with Crippen LogP contribution in [0.5, 0.6) is 0 Å². The van der Waals surface area contributed by atoms with Crippen molar-refractivity contribution in [3.05, 3.63) is 39.2 Å². The van der Waals surface area contributed by atoms with Crippen LogP contribution < -0.4 is 0 Å². The SMILES string of the molecule is C=CCPCC=C.[CH2-]C.[CH2-]C.[Ru+2]. The summed E-state index contributed by atoms with van der Waals surface area (Å²) in [5.41, 5.74) is 0. The molecule has 0 radical (unpaired) electrons. The summed E-state index contributed by atoms with van der Waals surface area (Å²) in [5.74, 6) is 0. The van der Waals surface area contributed by atoms with Gasteiger partial charge in [-0.1, -0.05) is 12.2 Å². The summed E-state index contributed by atoms with van der Waals surface area (Å²) < 4.78 is 0. The van der Waals surface area contributed by atoms with Crippen LogP contribution in [0, 0.1) is 13.8 Å². The number of allylic oxidation sites excluding steroid dienone is 2. The predicted molar refractivity (Wildman–Crippen MR) is 60.5 cm³/mol. The maximum Gasteiger partial charge on any atom is 2.00 e. The van der Waals surface area contributed by atoms with Gasteiger partial charge in [-0.2, -0.15) is 13.8 Å². The van der Waals surface area contributed by atoms with E-state index >= 15 is 0 Å². The molecule has 0 aromatic heterocycles. The minimum absolute atomic E-state index is 0. The van der Waals surface area contributed by atoms with Crippen molar-refractivity contribution in [2.45, 2.75) is 13.8 Å². The fraction of sp³-hybridized carbons (Fsp3) is 0.400. The third kappa shape index (κ3) is 46.6. The van der Waals surface area contributed by atoms with E-state index in [1.807, 2.05) is 12.2 Å². The van der Waals surface area contributed by atoms with Gasteiger partial charge in [-0.15, -0.1) is 21.7 Å². The Hall–Kier alpha value is 0.533. The molecule has 0 aliphatic rings. The Balaban J connectivity index is -0.0000000560. The molecule has 0 spiro atoms. The van der Waals surface area contributed by atoms with Gasteiger partial charge in [0.1, 0.15) is 0 Å². The van der Waals surface area contributed by atoms with Crippen molar-refractivity contribution in [2.24, 2.45) is 0 Å². The second-order valence-electron chi connectivity index (χ2n) is 1.24. The van der Waals surface area contributed by atoms with E-state index in [0.29, 0.717) is 0 Å². The van der Waals surface area contributed by atoms with Gasteiger partial charge in [0, 0.05) is 0 Å². The van der Waals surface area contributed by atoms with Crippen LogP contribution in [0.15, 0.2) is 25.3 Å². The molecular formula is C10H21PRu. The zero-order chi connectivity index (χ0) is 9.54. The van der Waals surface area contributed by atoms with Crippen molar-refractivity contribution in [3.8, 4) is 0 Å². The van der Waals surface area contributed by atoms with E-state index in [9.17, 15) is 0 Å². The Morgan fingerprint density at radius 3 is 1.42 bits per heavy atom. The zero-order valence-electron chi connectivity index (χ0n) is 8.25. The quantitative estimate of drug-likeness (QED) is 0.241. The van der Waals surface area contributed by atoms with Crippen molar-refractivity contribution in [3.63, 3.8) is 0 Å². The van der Waals surface area contributed by atoms with Gasteiger partial charge in [0.15, 0.2) is 0 Å². The van der Waals surface area contributed by atoms with E-state index in [1.165, 1.54) is 0 Å². The van der Waals surface area contributed by atoms with Crippen molar-refractivity contribution < 1.29 is 19.5 Å². The Kier molecular flexibility index (Phi) is 79.7. The second-order valence-corrected chi connectivity index (χ2v) is 2.55. The van der Waals surface area contributed by atoms with Gasteiger partial charge in [-0.3, -0.25) is 0 Å². The molecule has 0 nitrogen and oxygen atoms in total. The van der Waals surface area contributed by atoms with Gasteiger partial charge >= 0.3 is 19.5 Å². The molecule has 0 amide bonds. The molecule has 12 heavy (non-hydrogen) atoms. The minimum Gasteiger partial charge on any atom is -0.346 e. The molecule has 0 aliphatic heterocycles. The van der Waals surface area contributed by atoms with E-state index in [0.717, 1.165) is 20.9 Å². The average molecular weight is 273 g/mol. The maximum absolute atomic E-state index is 3.61. The topological polar surface area (TPSA) is 0 Å². The van der Waals surface area contributed by atoms with Crippen LogP contribution in [0.4, 0.5) is 0 Å². The number of hydrogen-bond donors (Lipinski definition) is 0. The largest absolute Gasteiger partial charge is 2.00 e. The van der Waals surface area contributed by atoms with Crippen molar-refractivity contribution in [1.29, 1.82) is 0 Å². The molecular weight excluding hydrogens is 252 g/mol. The maximum atomic E-state index is 3.61. The Morgan fingerprint density at radius 2 is 1.25 bits per heavy atom. The fourth-order valence-electron chi connectivity index (χ4n) is 0.287. The summed E-state index contributed by atoms with van der Waals surface area (Å²) >= 11 is 0. The van der Waals surface area contributed by atoms with Crippen LogP contribution in [0.1, 0.15) is 13.8 Å². The summed E-state index contributed by atoms with van der Waals surface area (Å²) in [6.45, 7) is 17.2. The van der Waals surface area contributed by atoms with Gasteiger partial charge in [0.2, 0.25) is 0 Å². The van der Waals surface area contributed by atoms with Crippen LogP contribution >= 0.6 is 8.58 Å². The monoisotopic (exact) mass is 274 g/mol. The van der Waals surface area contributed by atoms with E-state index < -0.39 is 0 Å². The van der Waals surface area contributed by atoms with Crippen LogP contribution in [0.25, 0.3) is 0 Å². The van der Waals surface area contributed by atoms with Gasteiger partial charge < -0.3 is 13.8 Å². The summed E-state index contributed by atoms with van der Waals surface area (Å²) in [5, 5.41) is 0. The number of hydrogen-bond acceptors (Lipinski definition) is 0. The van der Waals surface area contributed by atoms with Crippen LogP contribution in [-0.2, 0) is 19.5 Å². The molecule has 0 heterocycles. The van der Waals surface area contributed by atoms with Gasteiger partial charge in [0.25, 0.3) is 0 Å². The normalized spacial score (nSPS) is 5.67. The first-order valence-electron chi connectivity index (χ1n) is 3.75. The van der Waals surface area contributed by atoms with Crippen LogP contribution in [0.2, 0.25) is 0 Å². The average Bonchev–Trinajstić information content (AvgIpc) is 2.13. The zero-order valence-corrected chi connectivity index (χ0v) is 11.0. The van der Waals surface area contributed by atoms with Gasteiger partial charge in [-0.25, -0.2) is 0 Å². The molecule has 74 valence electrons. The summed E-state index contributed by atoms with van der Waals surface area (Å²) in [6, 6.07) is 0. The summed E-state index contributed by atoms with van der Waals surface area (Å²) in [4.78, 5) is 0. The summed E-state index contributed by atoms with van der Waals surface area (Å²) in [7, 11) is 0.996. The second kappa shape index (κ2) is 41.8. The Bertz CT molecular complexity index is 54.9. The third-order valence-corrected chi connectivity index (χ3v) is 1.73. The molecule has 0 bridgehead atoms. The number of rotatable bonds is 4. The van der Waals surface area contributed by atoms with E-state index in [2.05, 4.69) is 27.0 Å². The molecule has 0 unspecified atom stereocenters. The van der Waals surface area contributed by atoms with Crippen LogP contribution in [0.3, 0.4) is 0 Å². The molecule has 0 N–H and O–H groups in total. The molecule has 0 aliphatic carbocycles. The van der Waals surface area contributed by atoms with Crippen molar-refractivity contribution >= 4 is 8.58 Å². The minimum atomic E-state index is 0. The molecule has 2 heteroatoms. The molecule has 0 aromatic carbocycles. The summed E-state index contributed by atoms with van der Waals surface area (Å²) in [6.07, 6.45) is 6.18. The first-order valence-corrected chi connectivity index (χ1v) is 5.17. The fourth-order valence-corrected chi connectivity index (χ4v) is 0.862. The van der Waals surface area contributed by atoms with E-state index in [-0.39, 0.29) is 19.5 Å². The van der Waals surface area contributed by atoms with Crippen molar-refractivity contribution in [1.82, 2.24) is 0 Å².